The highest BCUT2D eigenvalue weighted by Crippen LogP contribution is 2.34. The Morgan fingerprint density at radius 1 is 1.34 bits per heavy atom. The molecule has 1 aromatic rings. The molecule has 1 heterocycles. The molecule has 1 N–H and O–H groups in total. The fourth-order valence-corrected chi connectivity index (χ4v) is 5.29. The summed E-state index contributed by atoms with van der Waals surface area (Å²) in [5.74, 6) is 6.07. The van der Waals surface area contributed by atoms with Crippen molar-refractivity contribution in [2.24, 2.45) is 5.92 Å². The van der Waals surface area contributed by atoms with Crippen LogP contribution in [0, 0.1) is 17.8 Å². The molecule has 0 spiro atoms. The molecule has 1 aliphatic rings. The Hall–Kier alpha value is -2.12. The van der Waals surface area contributed by atoms with E-state index in [-0.39, 0.29) is 35.6 Å². The molecule has 1 amide bonds. The standard InChI is InChI=1S/C23H35N3O5S/c1-7-23(28)25(6)15-21-17(2)14-26(18(3)16-27)32(29,30)22-11-10-19(13-20(22)31-21)9-8-12-24(4)5/h10-11,13,17-18,21,27H,7,12,14-16H2,1-6H3/t17-,18+,21+/m0/s1. The van der Waals surface area contributed by atoms with Crippen LogP contribution in [0.2, 0.25) is 0 Å². The molecule has 1 aliphatic heterocycles. The summed E-state index contributed by atoms with van der Waals surface area (Å²) in [5, 5.41) is 9.71. The van der Waals surface area contributed by atoms with Crippen LogP contribution in [0.4, 0.5) is 0 Å². The lowest BCUT2D eigenvalue weighted by atomic mass is 10.0. The lowest BCUT2D eigenvalue weighted by molar-refractivity contribution is -0.131. The zero-order valence-electron chi connectivity index (χ0n) is 19.8. The highest BCUT2D eigenvalue weighted by atomic mass is 32.2. The average Bonchev–Trinajstić information content (AvgIpc) is 2.74. The number of ether oxygens (including phenoxy) is 1. The van der Waals surface area contributed by atoms with Gasteiger partial charge in [-0.3, -0.25) is 9.69 Å². The highest BCUT2D eigenvalue weighted by molar-refractivity contribution is 7.89. The number of aliphatic hydroxyl groups excluding tert-OH is 1. The van der Waals surface area contributed by atoms with E-state index < -0.39 is 22.2 Å². The Bertz CT molecular complexity index is 968. The number of rotatable bonds is 6. The van der Waals surface area contributed by atoms with Crippen LogP contribution in [0.3, 0.4) is 0 Å². The number of sulfonamides is 1. The second-order valence-corrected chi connectivity index (χ2v) is 10.4. The molecule has 0 saturated heterocycles. The van der Waals surface area contributed by atoms with Gasteiger partial charge in [-0.05, 0) is 39.2 Å². The molecule has 0 saturated carbocycles. The zero-order chi connectivity index (χ0) is 24.1. The van der Waals surface area contributed by atoms with E-state index in [1.807, 2.05) is 25.9 Å². The quantitative estimate of drug-likeness (QED) is 0.636. The van der Waals surface area contributed by atoms with Crippen molar-refractivity contribution in [2.75, 3.05) is 47.4 Å². The Morgan fingerprint density at radius 3 is 2.62 bits per heavy atom. The van der Waals surface area contributed by atoms with E-state index in [9.17, 15) is 18.3 Å². The lowest BCUT2D eigenvalue weighted by Gasteiger charge is -2.37. The number of likely N-dealkylation sites (N-methyl/N-ethyl adjacent to an activating group) is 1. The minimum atomic E-state index is -3.90. The normalized spacial score (nSPS) is 21.4. The summed E-state index contributed by atoms with van der Waals surface area (Å²) in [7, 11) is 1.66. The van der Waals surface area contributed by atoms with Gasteiger partial charge in [0.2, 0.25) is 15.9 Å². The molecular weight excluding hydrogens is 430 g/mol. The lowest BCUT2D eigenvalue weighted by Crippen LogP contribution is -2.50. The van der Waals surface area contributed by atoms with Crippen molar-refractivity contribution < 1.29 is 23.1 Å². The number of nitrogens with zero attached hydrogens (tertiary/aromatic N) is 3. The van der Waals surface area contributed by atoms with Gasteiger partial charge in [0.15, 0.2) is 0 Å². The van der Waals surface area contributed by atoms with Gasteiger partial charge in [-0.15, -0.1) is 0 Å². The minimum absolute atomic E-state index is 0.0143. The molecule has 178 valence electrons. The number of aliphatic hydroxyl groups is 1. The van der Waals surface area contributed by atoms with Gasteiger partial charge in [0, 0.05) is 37.5 Å². The van der Waals surface area contributed by atoms with Crippen LogP contribution in [0.5, 0.6) is 5.75 Å². The molecule has 0 aliphatic carbocycles. The first-order valence-corrected chi connectivity index (χ1v) is 12.3. The van der Waals surface area contributed by atoms with Crippen molar-refractivity contribution in [3.05, 3.63) is 23.8 Å². The van der Waals surface area contributed by atoms with E-state index in [0.717, 1.165) is 0 Å². The van der Waals surface area contributed by atoms with Crippen LogP contribution in [-0.2, 0) is 14.8 Å². The van der Waals surface area contributed by atoms with Gasteiger partial charge in [-0.1, -0.05) is 25.7 Å². The topological polar surface area (TPSA) is 90.4 Å². The molecular formula is C23H35N3O5S. The predicted molar refractivity (Wildman–Crippen MR) is 124 cm³/mol. The van der Waals surface area contributed by atoms with E-state index >= 15 is 0 Å². The number of fused-ring (bicyclic) bond motifs is 1. The molecule has 0 aromatic heterocycles. The second-order valence-electron chi connectivity index (χ2n) is 8.57. The van der Waals surface area contributed by atoms with Gasteiger partial charge < -0.3 is 14.7 Å². The largest absolute Gasteiger partial charge is 0.487 e. The van der Waals surface area contributed by atoms with Gasteiger partial charge in [-0.25, -0.2) is 8.42 Å². The van der Waals surface area contributed by atoms with Crippen molar-refractivity contribution in [3.63, 3.8) is 0 Å². The fraction of sp³-hybridized carbons (Fsp3) is 0.609. The Balaban J connectivity index is 2.55. The third-order valence-electron chi connectivity index (χ3n) is 5.48. The summed E-state index contributed by atoms with van der Waals surface area (Å²) in [4.78, 5) is 15.7. The maximum absolute atomic E-state index is 13.4. The van der Waals surface area contributed by atoms with Crippen LogP contribution in [-0.4, -0.2) is 93.1 Å². The molecule has 0 bridgehead atoms. The molecule has 9 heteroatoms. The summed E-state index contributed by atoms with van der Waals surface area (Å²) < 4.78 is 34.5. The van der Waals surface area contributed by atoms with E-state index in [0.29, 0.717) is 25.1 Å². The molecule has 8 nitrogen and oxygen atoms in total. The Morgan fingerprint density at radius 2 is 2.03 bits per heavy atom. The van der Waals surface area contributed by atoms with Crippen LogP contribution < -0.4 is 4.74 Å². The summed E-state index contributed by atoms with van der Waals surface area (Å²) in [6.07, 6.45) is -0.0508. The number of amides is 1. The Labute approximate surface area is 192 Å². The predicted octanol–water partition coefficient (Wildman–Crippen LogP) is 1.24. The monoisotopic (exact) mass is 465 g/mol. The second kappa shape index (κ2) is 11.1. The minimum Gasteiger partial charge on any atom is -0.487 e. The SMILES string of the molecule is CCC(=O)N(C)C[C@H]1Oc2cc(C#CCN(C)C)ccc2S(=O)(=O)N([C@H](C)CO)C[C@@H]1C. The summed E-state index contributed by atoms with van der Waals surface area (Å²) in [6.45, 7) is 6.14. The number of benzene rings is 1. The first kappa shape index (κ1) is 26.1. The van der Waals surface area contributed by atoms with Gasteiger partial charge >= 0.3 is 0 Å². The van der Waals surface area contributed by atoms with Crippen LogP contribution in [0.1, 0.15) is 32.8 Å². The zero-order valence-corrected chi connectivity index (χ0v) is 20.6. The van der Waals surface area contributed by atoms with E-state index in [4.69, 9.17) is 4.74 Å². The van der Waals surface area contributed by atoms with E-state index in [1.165, 1.54) is 10.4 Å². The maximum atomic E-state index is 13.4. The van der Waals surface area contributed by atoms with Crippen LogP contribution in [0.25, 0.3) is 0 Å². The van der Waals surface area contributed by atoms with Crippen LogP contribution >= 0.6 is 0 Å². The molecule has 0 unspecified atom stereocenters. The van der Waals surface area contributed by atoms with Crippen molar-refractivity contribution in [1.82, 2.24) is 14.1 Å². The third kappa shape index (κ3) is 6.23. The molecule has 2 rings (SSSR count). The van der Waals surface area contributed by atoms with Gasteiger partial charge in [0.05, 0.1) is 19.7 Å². The number of carbonyl (C=O) groups excluding carboxylic acids is 1. The van der Waals surface area contributed by atoms with Crippen molar-refractivity contribution >= 4 is 15.9 Å². The maximum Gasteiger partial charge on any atom is 0.247 e. The third-order valence-corrected chi connectivity index (χ3v) is 7.50. The number of hydrogen-bond donors (Lipinski definition) is 1. The number of hydrogen-bond acceptors (Lipinski definition) is 6. The summed E-state index contributed by atoms with van der Waals surface area (Å²) >= 11 is 0. The average molecular weight is 466 g/mol. The first-order chi connectivity index (χ1) is 15.0. The molecule has 0 radical (unpaired) electrons. The van der Waals surface area contributed by atoms with Crippen molar-refractivity contribution in [3.8, 4) is 17.6 Å². The van der Waals surface area contributed by atoms with E-state index in [1.54, 1.807) is 37.9 Å². The molecule has 0 fully saturated rings. The highest BCUT2D eigenvalue weighted by Gasteiger charge is 2.38. The van der Waals surface area contributed by atoms with Crippen LogP contribution in [0.15, 0.2) is 23.1 Å². The van der Waals surface area contributed by atoms with Crippen molar-refractivity contribution in [1.29, 1.82) is 0 Å². The summed E-state index contributed by atoms with van der Waals surface area (Å²) in [6, 6.07) is 4.22. The molecule has 32 heavy (non-hydrogen) atoms. The van der Waals surface area contributed by atoms with Gasteiger partial charge in [0.1, 0.15) is 16.7 Å². The van der Waals surface area contributed by atoms with Crippen molar-refractivity contribution in [2.45, 2.75) is 44.2 Å². The smallest absolute Gasteiger partial charge is 0.247 e. The Kier molecular flexibility index (Phi) is 9.10. The summed E-state index contributed by atoms with van der Waals surface area (Å²) in [5.41, 5.74) is 0.646. The molecule has 1 aromatic carbocycles. The van der Waals surface area contributed by atoms with Gasteiger partial charge in [-0.2, -0.15) is 4.31 Å². The molecule has 3 atom stereocenters. The van der Waals surface area contributed by atoms with E-state index in [2.05, 4.69) is 11.8 Å². The first-order valence-electron chi connectivity index (χ1n) is 10.8. The fourth-order valence-electron chi connectivity index (χ4n) is 3.46. The number of carbonyl (C=O) groups is 1. The van der Waals surface area contributed by atoms with Gasteiger partial charge in [0.25, 0.3) is 0 Å².